The molecule has 2 aliphatic rings. The molecule has 6 nitrogen and oxygen atoms in total. The van der Waals surface area contributed by atoms with E-state index in [9.17, 15) is 14.0 Å². The molecule has 2 amide bonds. The highest BCUT2D eigenvalue weighted by molar-refractivity contribution is 5.94. The summed E-state index contributed by atoms with van der Waals surface area (Å²) in [5.41, 5.74) is 1.24. The predicted octanol–water partition coefficient (Wildman–Crippen LogP) is 1.84. The first kappa shape index (κ1) is 16.7. The van der Waals surface area contributed by atoms with Crippen molar-refractivity contribution in [1.82, 2.24) is 10.2 Å². The molecule has 1 heterocycles. The molecule has 0 spiro atoms. The fourth-order valence-corrected chi connectivity index (χ4v) is 3.54. The average Bonchev–Trinajstić information content (AvgIpc) is 2.93. The Morgan fingerprint density at radius 1 is 1.42 bits per heavy atom. The summed E-state index contributed by atoms with van der Waals surface area (Å²) in [5, 5.41) is 11.8. The number of anilines is 1. The molecule has 0 saturated heterocycles. The molecule has 0 unspecified atom stereocenters. The monoisotopic (exact) mass is 335 g/mol. The highest BCUT2D eigenvalue weighted by atomic mass is 19.1. The Balaban J connectivity index is 1.54. The summed E-state index contributed by atoms with van der Waals surface area (Å²) in [5.74, 6) is -1.21. The van der Waals surface area contributed by atoms with Gasteiger partial charge in [0, 0.05) is 18.6 Å². The van der Waals surface area contributed by atoms with Gasteiger partial charge in [0.1, 0.15) is 5.82 Å². The van der Waals surface area contributed by atoms with Crippen LogP contribution in [0.15, 0.2) is 18.2 Å². The molecule has 1 aliphatic carbocycles. The summed E-state index contributed by atoms with van der Waals surface area (Å²) in [6.45, 7) is 3.10. The van der Waals surface area contributed by atoms with Crippen LogP contribution in [0, 0.1) is 5.82 Å². The van der Waals surface area contributed by atoms with E-state index >= 15 is 0 Å². The number of rotatable bonds is 5. The maximum Gasteiger partial charge on any atom is 0.322 e. The first-order chi connectivity index (χ1) is 11.5. The Morgan fingerprint density at radius 2 is 2.17 bits per heavy atom. The van der Waals surface area contributed by atoms with Crippen molar-refractivity contribution < 1.29 is 19.1 Å². The highest BCUT2D eigenvalue weighted by Crippen LogP contribution is 2.31. The minimum atomic E-state index is -0.839. The minimum absolute atomic E-state index is 0.0150. The average molecular weight is 335 g/mol. The smallest absolute Gasteiger partial charge is 0.322 e. The van der Waals surface area contributed by atoms with Crippen molar-refractivity contribution in [2.75, 3.05) is 24.5 Å². The van der Waals surface area contributed by atoms with Gasteiger partial charge >= 0.3 is 12.0 Å². The Labute approximate surface area is 140 Å². The molecule has 0 bridgehead atoms. The molecule has 1 aromatic carbocycles. The molecule has 1 aliphatic heterocycles. The number of urea groups is 1. The minimum Gasteiger partial charge on any atom is -0.480 e. The second-order valence-corrected chi connectivity index (χ2v) is 6.38. The molecule has 0 radical (unpaired) electrons. The van der Waals surface area contributed by atoms with Crippen LogP contribution in [0.25, 0.3) is 0 Å². The number of carboxylic acids is 1. The number of likely N-dealkylation sites (N-methyl/N-ethyl adjacent to an activating group) is 1. The molecule has 3 rings (SSSR count). The number of carbonyl (C=O) groups excluding carboxylic acids is 1. The number of fused-ring (bicyclic) bond motifs is 1. The van der Waals surface area contributed by atoms with Gasteiger partial charge < -0.3 is 10.4 Å². The van der Waals surface area contributed by atoms with E-state index in [1.165, 1.54) is 11.0 Å². The lowest BCUT2D eigenvalue weighted by molar-refractivity contribution is -0.139. The van der Waals surface area contributed by atoms with Crippen molar-refractivity contribution in [2.45, 2.75) is 38.3 Å². The van der Waals surface area contributed by atoms with Crippen molar-refractivity contribution in [3.05, 3.63) is 29.6 Å². The molecule has 1 saturated carbocycles. The first-order valence-corrected chi connectivity index (χ1v) is 8.30. The summed E-state index contributed by atoms with van der Waals surface area (Å²) in [4.78, 5) is 26.6. The maximum absolute atomic E-state index is 14.0. The van der Waals surface area contributed by atoms with E-state index in [4.69, 9.17) is 5.11 Å². The molecule has 0 aromatic heterocycles. The van der Waals surface area contributed by atoms with Crippen LogP contribution in [0.2, 0.25) is 0 Å². The van der Waals surface area contributed by atoms with E-state index in [2.05, 4.69) is 5.32 Å². The largest absolute Gasteiger partial charge is 0.480 e. The van der Waals surface area contributed by atoms with Gasteiger partial charge in [-0.2, -0.15) is 0 Å². The summed E-state index contributed by atoms with van der Waals surface area (Å²) in [7, 11) is 0. The van der Waals surface area contributed by atoms with Gasteiger partial charge in [-0.3, -0.25) is 14.6 Å². The lowest BCUT2D eigenvalue weighted by Crippen LogP contribution is -2.56. The van der Waals surface area contributed by atoms with Gasteiger partial charge in [0.15, 0.2) is 0 Å². The molecule has 1 aromatic rings. The standard InChI is InChI=1S/C17H22FN3O3/c1-2-20(10-15(22)23)13-8-12(9-13)19-17(24)21-7-6-11-4-3-5-14(18)16(11)21/h3-5,12-13H,2,6-10H2,1H3,(H,19,24)(H,22,23). The van der Waals surface area contributed by atoms with Crippen molar-refractivity contribution in [3.63, 3.8) is 0 Å². The van der Waals surface area contributed by atoms with E-state index in [1.54, 1.807) is 6.07 Å². The van der Waals surface area contributed by atoms with Crippen LogP contribution >= 0.6 is 0 Å². The van der Waals surface area contributed by atoms with Crippen molar-refractivity contribution in [2.24, 2.45) is 0 Å². The maximum atomic E-state index is 14.0. The molecule has 130 valence electrons. The quantitative estimate of drug-likeness (QED) is 0.861. The lowest BCUT2D eigenvalue weighted by atomic mass is 9.85. The molecular formula is C17H22FN3O3. The number of amides is 2. The number of hydrogen-bond acceptors (Lipinski definition) is 3. The summed E-state index contributed by atoms with van der Waals surface area (Å²) >= 11 is 0. The van der Waals surface area contributed by atoms with Gasteiger partial charge in [0.25, 0.3) is 0 Å². The van der Waals surface area contributed by atoms with Crippen molar-refractivity contribution in [3.8, 4) is 0 Å². The Morgan fingerprint density at radius 3 is 2.83 bits per heavy atom. The topological polar surface area (TPSA) is 72.9 Å². The highest BCUT2D eigenvalue weighted by Gasteiger charge is 2.36. The number of para-hydroxylation sites is 1. The molecule has 24 heavy (non-hydrogen) atoms. The number of nitrogens with one attached hydrogen (secondary N) is 1. The van der Waals surface area contributed by atoms with Gasteiger partial charge in [-0.05, 0) is 37.4 Å². The van der Waals surface area contributed by atoms with Gasteiger partial charge in [0.05, 0.1) is 12.2 Å². The van der Waals surface area contributed by atoms with Crippen LogP contribution in [0.5, 0.6) is 0 Å². The summed E-state index contributed by atoms with van der Waals surface area (Å²) in [6, 6.07) is 4.79. The Hall–Kier alpha value is -2.15. The second-order valence-electron chi connectivity index (χ2n) is 6.38. The number of benzene rings is 1. The van der Waals surface area contributed by atoms with Crippen LogP contribution in [0.4, 0.5) is 14.9 Å². The zero-order valence-corrected chi connectivity index (χ0v) is 13.7. The Kier molecular flexibility index (Phi) is 4.71. The van der Waals surface area contributed by atoms with E-state index < -0.39 is 5.97 Å². The van der Waals surface area contributed by atoms with Crippen molar-refractivity contribution >= 4 is 17.7 Å². The SMILES string of the molecule is CCN(CC(=O)O)C1CC(NC(=O)N2CCc3cccc(F)c32)C1. The lowest BCUT2D eigenvalue weighted by Gasteiger charge is -2.42. The number of aliphatic carboxylic acids is 1. The number of carbonyl (C=O) groups is 2. The van der Waals surface area contributed by atoms with E-state index in [1.807, 2.05) is 17.9 Å². The van der Waals surface area contributed by atoms with Gasteiger partial charge in [0.2, 0.25) is 0 Å². The molecular weight excluding hydrogens is 313 g/mol. The molecule has 2 N–H and O–H groups in total. The number of carboxylic acid groups (broad SMARTS) is 1. The van der Waals surface area contributed by atoms with E-state index in [0.29, 0.717) is 25.2 Å². The van der Waals surface area contributed by atoms with Gasteiger partial charge in [-0.1, -0.05) is 19.1 Å². The zero-order chi connectivity index (χ0) is 17.3. The summed E-state index contributed by atoms with van der Waals surface area (Å²) in [6.07, 6.45) is 2.12. The number of nitrogens with zero attached hydrogens (tertiary/aromatic N) is 2. The molecule has 1 fully saturated rings. The summed E-state index contributed by atoms with van der Waals surface area (Å²) < 4.78 is 14.0. The Bertz CT molecular complexity index is 646. The molecule has 0 atom stereocenters. The van der Waals surface area contributed by atoms with E-state index in [-0.39, 0.29) is 30.5 Å². The van der Waals surface area contributed by atoms with Crippen LogP contribution in [-0.2, 0) is 11.2 Å². The van der Waals surface area contributed by atoms with Gasteiger partial charge in [-0.25, -0.2) is 9.18 Å². The number of halogens is 1. The van der Waals surface area contributed by atoms with Gasteiger partial charge in [-0.15, -0.1) is 0 Å². The predicted molar refractivity (Wildman–Crippen MR) is 87.7 cm³/mol. The number of hydrogen-bond donors (Lipinski definition) is 2. The zero-order valence-electron chi connectivity index (χ0n) is 13.7. The van der Waals surface area contributed by atoms with Crippen molar-refractivity contribution in [1.29, 1.82) is 0 Å². The third kappa shape index (κ3) is 3.21. The van der Waals surface area contributed by atoms with Crippen LogP contribution in [-0.4, -0.2) is 53.7 Å². The first-order valence-electron chi connectivity index (χ1n) is 8.30. The fourth-order valence-electron chi connectivity index (χ4n) is 3.54. The second kappa shape index (κ2) is 6.76. The normalized spacial score (nSPS) is 22.2. The van der Waals surface area contributed by atoms with Crippen LogP contribution < -0.4 is 10.2 Å². The third-order valence-corrected chi connectivity index (χ3v) is 4.89. The van der Waals surface area contributed by atoms with Crippen LogP contribution in [0.3, 0.4) is 0 Å². The molecule has 7 heteroatoms. The van der Waals surface area contributed by atoms with E-state index in [0.717, 1.165) is 18.4 Å². The third-order valence-electron chi connectivity index (χ3n) is 4.89. The fraction of sp³-hybridized carbons (Fsp3) is 0.529. The van der Waals surface area contributed by atoms with Crippen LogP contribution in [0.1, 0.15) is 25.3 Å².